The summed E-state index contributed by atoms with van der Waals surface area (Å²) in [6.45, 7) is 4.07. The van der Waals surface area contributed by atoms with Crippen LogP contribution in [0.5, 0.6) is 0 Å². The Kier molecular flexibility index (Phi) is 4.32. The molecular weight excluding hydrogens is 264 g/mol. The van der Waals surface area contributed by atoms with E-state index in [0.29, 0.717) is 19.4 Å². The molecule has 1 aliphatic rings. The van der Waals surface area contributed by atoms with E-state index in [9.17, 15) is 9.59 Å². The van der Waals surface area contributed by atoms with Crippen molar-refractivity contribution in [3.63, 3.8) is 0 Å². The summed E-state index contributed by atoms with van der Waals surface area (Å²) in [6.07, 6.45) is 6.13. The number of terminal acetylenes is 1. The van der Waals surface area contributed by atoms with Crippen molar-refractivity contribution in [2.75, 3.05) is 6.54 Å². The van der Waals surface area contributed by atoms with E-state index in [1.165, 1.54) is 0 Å². The summed E-state index contributed by atoms with van der Waals surface area (Å²) in [5.74, 6) is 2.36. The number of carbonyl (C=O) groups is 2. The topological polar surface area (TPSA) is 49.4 Å². The van der Waals surface area contributed by atoms with Gasteiger partial charge < -0.3 is 10.2 Å². The number of hydrogen-bond acceptors (Lipinski definition) is 2. The Morgan fingerprint density at radius 1 is 1.38 bits per heavy atom. The van der Waals surface area contributed by atoms with Crippen LogP contribution in [0, 0.1) is 12.3 Å². The molecule has 110 valence electrons. The standard InChI is InChI=1S/C17H20N2O2/c1-4-8-13(2)19-12-11-15(20)18-17(3,16(19)21)14-9-6-5-7-10-14/h1,5-7,9-10,13H,8,11-12H2,2-3H3,(H,18,20). The molecule has 1 aromatic carbocycles. The Morgan fingerprint density at radius 3 is 2.67 bits per heavy atom. The van der Waals surface area contributed by atoms with E-state index in [2.05, 4.69) is 11.2 Å². The van der Waals surface area contributed by atoms with Crippen LogP contribution in [-0.4, -0.2) is 29.3 Å². The molecule has 2 amide bonds. The van der Waals surface area contributed by atoms with Gasteiger partial charge in [0.15, 0.2) is 0 Å². The Morgan fingerprint density at radius 2 is 2.05 bits per heavy atom. The van der Waals surface area contributed by atoms with Gasteiger partial charge in [0.05, 0.1) is 0 Å². The van der Waals surface area contributed by atoms with Gasteiger partial charge in [0.1, 0.15) is 5.54 Å². The van der Waals surface area contributed by atoms with E-state index in [4.69, 9.17) is 6.42 Å². The zero-order chi connectivity index (χ0) is 15.5. The lowest BCUT2D eigenvalue weighted by atomic mass is 9.90. The van der Waals surface area contributed by atoms with Gasteiger partial charge in [0, 0.05) is 25.4 Å². The Hall–Kier alpha value is -2.28. The Labute approximate surface area is 125 Å². The molecule has 1 saturated heterocycles. The lowest BCUT2D eigenvalue weighted by molar-refractivity contribution is -0.140. The van der Waals surface area contributed by atoms with Gasteiger partial charge in [-0.15, -0.1) is 12.3 Å². The molecule has 0 spiro atoms. The Bertz CT molecular complexity index is 576. The van der Waals surface area contributed by atoms with E-state index in [0.717, 1.165) is 5.56 Å². The van der Waals surface area contributed by atoms with Gasteiger partial charge in [-0.2, -0.15) is 0 Å². The first-order chi connectivity index (χ1) is 9.99. The molecule has 0 radical (unpaired) electrons. The van der Waals surface area contributed by atoms with E-state index >= 15 is 0 Å². The molecule has 2 rings (SSSR count). The maximum atomic E-state index is 13.0. The third-order valence-corrected chi connectivity index (χ3v) is 3.95. The molecule has 1 fully saturated rings. The summed E-state index contributed by atoms with van der Waals surface area (Å²) in [5, 5.41) is 2.87. The highest BCUT2D eigenvalue weighted by Crippen LogP contribution is 2.27. The summed E-state index contributed by atoms with van der Waals surface area (Å²) < 4.78 is 0. The van der Waals surface area contributed by atoms with Crippen molar-refractivity contribution in [1.82, 2.24) is 10.2 Å². The molecule has 4 heteroatoms. The van der Waals surface area contributed by atoms with Crippen LogP contribution >= 0.6 is 0 Å². The van der Waals surface area contributed by atoms with Gasteiger partial charge in [-0.3, -0.25) is 9.59 Å². The lowest BCUT2D eigenvalue weighted by Gasteiger charge is -2.35. The molecule has 0 aromatic heterocycles. The predicted molar refractivity (Wildman–Crippen MR) is 81.2 cm³/mol. The van der Waals surface area contributed by atoms with Crippen molar-refractivity contribution >= 4 is 11.8 Å². The molecular formula is C17H20N2O2. The monoisotopic (exact) mass is 284 g/mol. The average Bonchev–Trinajstić information content (AvgIpc) is 2.58. The third kappa shape index (κ3) is 2.92. The molecule has 1 aromatic rings. The summed E-state index contributed by atoms with van der Waals surface area (Å²) in [4.78, 5) is 26.7. The second-order valence-corrected chi connectivity index (χ2v) is 5.55. The molecule has 1 aliphatic heterocycles. The number of nitrogens with one attached hydrogen (secondary N) is 1. The van der Waals surface area contributed by atoms with Crippen molar-refractivity contribution in [2.45, 2.75) is 38.3 Å². The summed E-state index contributed by atoms with van der Waals surface area (Å²) in [5.41, 5.74) is -0.263. The van der Waals surface area contributed by atoms with E-state index in [1.54, 1.807) is 11.8 Å². The van der Waals surface area contributed by atoms with Crippen LogP contribution in [0.4, 0.5) is 0 Å². The molecule has 2 atom stereocenters. The van der Waals surface area contributed by atoms with Crippen LogP contribution in [0.25, 0.3) is 0 Å². The molecule has 0 aliphatic carbocycles. The number of hydrogen-bond donors (Lipinski definition) is 1. The van der Waals surface area contributed by atoms with Crippen molar-refractivity contribution in [2.24, 2.45) is 0 Å². The van der Waals surface area contributed by atoms with E-state index < -0.39 is 5.54 Å². The predicted octanol–water partition coefficient (Wildman–Crippen LogP) is 1.66. The quantitative estimate of drug-likeness (QED) is 0.858. The third-order valence-electron chi connectivity index (χ3n) is 3.95. The summed E-state index contributed by atoms with van der Waals surface area (Å²) in [6, 6.07) is 9.23. The molecule has 1 heterocycles. The van der Waals surface area contributed by atoms with Crippen LogP contribution in [0.2, 0.25) is 0 Å². The van der Waals surface area contributed by atoms with Crippen LogP contribution < -0.4 is 5.32 Å². The molecule has 0 saturated carbocycles. The van der Waals surface area contributed by atoms with Crippen molar-refractivity contribution in [3.8, 4) is 12.3 Å². The van der Waals surface area contributed by atoms with Gasteiger partial charge in [0.25, 0.3) is 5.91 Å². The number of carbonyl (C=O) groups excluding carboxylic acids is 2. The first kappa shape index (κ1) is 15.1. The normalized spacial score (nSPS) is 24.0. The van der Waals surface area contributed by atoms with Crippen molar-refractivity contribution in [3.05, 3.63) is 35.9 Å². The van der Waals surface area contributed by atoms with Crippen LogP contribution in [-0.2, 0) is 15.1 Å². The van der Waals surface area contributed by atoms with Gasteiger partial charge in [0.2, 0.25) is 5.91 Å². The SMILES string of the molecule is C#CCC(C)N1CCC(=O)NC(C)(c2ccccc2)C1=O. The highest BCUT2D eigenvalue weighted by atomic mass is 16.2. The van der Waals surface area contributed by atoms with Crippen molar-refractivity contribution < 1.29 is 9.59 Å². The molecule has 1 N–H and O–H groups in total. The highest BCUT2D eigenvalue weighted by Gasteiger charge is 2.43. The Balaban J connectivity index is 2.41. The second-order valence-electron chi connectivity index (χ2n) is 5.55. The number of rotatable bonds is 3. The molecule has 4 nitrogen and oxygen atoms in total. The second kappa shape index (κ2) is 6.01. The zero-order valence-electron chi connectivity index (χ0n) is 12.4. The van der Waals surface area contributed by atoms with E-state index in [-0.39, 0.29) is 17.9 Å². The number of nitrogens with zero attached hydrogens (tertiary/aromatic N) is 1. The van der Waals surface area contributed by atoms with Gasteiger partial charge in [-0.1, -0.05) is 30.3 Å². The largest absolute Gasteiger partial charge is 0.338 e. The molecule has 21 heavy (non-hydrogen) atoms. The fourth-order valence-electron chi connectivity index (χ4n) is 2.67. The summed E-state index contributed by atoms with van der Waals surface area (Å²) in [7, 11) is 0. The fourth-order valence-corrected chi connectivity index (χ4v) is 2.67. The number of amides is 2. The minimum Gasteiger partial charge on any atom is -0.338 e. The maximum absolute atomic E-state index is 13.0. The minimum absolute atomic E-state index is 0.0850. The zero-order valence-corrected chi connectivity index (χ0v) is 12.4. The minimum atomic E-state index is -1.04. The van der Waals surface area contributed by atoms with Crippen LogP contribution in [0.15, 0.2) is 30.3 Å². The fraction of sp³-hybridized carbons (Fsp3) is 0.412. The smallest absolute Gasteiger partial charge is 0.252 e. The average molecular weight is 284 g/mol. The molecule has 2 unspecified atom stereocenters. The van der Waals surface area contributed by atoms with Gasteiger partial charge >= 0.3 is 0 Å². The maximum Gasteiger partial charge on any atom is 0.252 e. The van der Waals surface area contributed by atoms with Gasteiger partial charge in [-0.05, 0) is 19.4 Å². The van der Waals surface area contributed by atoms with E-state index in [1.807, 2.05) is 37.3 Å². The van der Waals surface area contributed by atoms with Gasteiger partial charge in [-0.25, -0.2) is 0 Å². The summed E-state index contributed by atoms with van der Waals surface area (Å²) >= 11 is 0. The number of benzene rings is 1. The first-order valence-corrected chi connectivity index (χ1v) is 7.10. The highest BCUT2D eigenvalue weighted by molar-refractivity contribution is 5.94. The van der Waals surface area contributed by atoms with Crippen LogP contribution in [0.3, 0.4) is 0 Å². The van der Waals surface area contributed by atoms with Crippen molar-refractivity contribution in [1.29, 1.82) is 0 Å². The van der Waals surface area contributed by atoms with Crippen LogP contribution in [0.1, 0.15) is 32.3 Å². The molecule has 0 bridgehead atoms. The first-order valence-electron chi connectivity index (χ1n) is 7.10. The lowest BCUT2D eigenvalue weighted by Crippen LogP contribution is -2.54.